The second-order valence-corrected chi connectivity index (χ2v) is 12.3. The monoisotopic (exact) mass is 488 g/mol. The molecule has 0 aliphatic heterocycles. The van der Waals surface area contributed by atoms with Crippen LogP contribution in [0.15, 0.2) is 54.6 Å². The molecule has 0 saturated heterocycles. The van der Waals surface area contributed by atoms with Crippen LogP contribution >= 0.6 is 0 Å². The molecule has 0 aliphatic carbocycles. The Morgan fingerprint density at radius 2 is 1.42 bits per heavy atom. The van der Waals surface area contributed by atoms with Gasteiger partial charge in [-0.05, 0) is 23.7 Å². The van der Waals surface area contributed by atoms with E-state index in [1.54, 1.807) is 13.2 Å². The summed E-state index contributed by atoms with van der Waals surface area (Å²) in [6, 6.07) is 9.58. The molecule has 0 radical (unpaired) electrons. The van der Waals surface area contributed by atoms with Crippen molar-refractivity contribution in [3.05, 3.63) is 80.2 Å². The Hall–Kier alpha value is -1.46. The zero-order valence-electron chi connectivity index (χ0n) is 18.9. The first-order valence-corrected chi connectivity index (χ1v) is 11.9. The van der Waals surface area contributed by atoms with Crippen molar-refractivity contribution < 1.29 is 45.3 Å². The van der Waals surface area contributed by atoms with E-state index in [9.17, 15) is 5.11 Å². The van der Waals surface area contributed by atoms with Crippen molar-refractivity contribution in [1.82, 2.24) is 0 Å². The van der Waals surface area contributed by atoms with Gasteiger partial charge in [0, 0.05) is 24.2 Å². The van der Waals surface area contributed by atoms with Gasteiger partial charge >= 0.3 is 33.9 Å². The average molecular weight is 488 g/mol. The Kier molecular flexibility index (Phi) is 25.9. The van der Waals surface area contributed by atoms with Gasteiger partial charge in [0.15, 0.2) is 8.32 Å². The fourth-order valence-electron chi connectivity index (χ4n) is 1.83. The van der Waals surface area contributed by atoms with Gasteiger partial charge in [-0.25, -0.2) is 0 Å². The summed E-state index contributed by atoms with van der Waals surface area (Å²) in [6.07, 6.45) is 6.78. The quantitative estimate of drug-likeness (QED) is 0.247. The van der Waals surface area contributed by atoms with E-state index < -0.39 is 14.4 Å². The summed E-state index contributed by atoms with van der Waals surface area (Å²) >= 11 is 0. The Morgan fingerprint density at radius 1 is 0.968 bits per heavy atom. The smallest absolute Gasteiger partial charge is 0 e. The maximum Gasteiger partial charge on any atom is 0 e. The molecule has 0 aliphatic rings. The van der Waals surface area contributed by atoms with Crippen LogP contribution in [-0.2, 0) is 40.2 Å². The summed E-state index contributed by atoms with van der Waals surface area (Å²) in [5, 5.41) is 10.3. The van der Waals surface area contributed by atoms with Crippen molar-refractivity contribution >= 4 is 8.32 Å². The molecule has 0 saturated carbocycles. The predicted molar refractivity (Wildman–Crippen MR) is 115 cm³/mol. The van der Waals surface area contributed by atoms with Crippen molar-refractivity contribution in [2.45, 2.75) is 51.1 Å². The second kappa shape index (κ2) is 21.8. The summed E-state index contributed by atoms with van der Waals surface area (Å²) < 4.78 is 34.1. The third-order valence-electron chi connectivity index (χ3n) is 4.59. The number of hydrogen-bond acceptors (Lipinski definition) is 3. The molecule has 1 aromatic carbocycles. The van der Waals surface area contributed by atoms with Crippen LogP contribution in [0.5, 0.6) is 0 Å². The molecule has 0 heterocycles. The SMILES string of the molecule is CO[C@@H](/C=C/C=C/[C@@H](O)c1ccccc1)CO[Si](C)(C)C(C)(C)C.[C-]#[O+].[C-]#[O+].[C-]#[O+].[Fe]. The molecule has 0 spiro atoms. The average Bonchev–Trinajstić information content (AvgIpc) is 2.77. The molecule has 1 aromatic rings. The number of benzene rings is 1. The first-order valence-electron chi connectivity index (χ1n) is 9.03. The summed E-state index contributed by atoms with van der Waals surface area (Å²) in [4.78, 5) is 0. The fourth-order valence-corrected chi connectivity index (χ4v) is 2.84. The molecule has 172 valence electrons. The van der Waals surface area contributed by atoms with Crippen LogP contribution in [0.1, 0.15) is 32.4 Å². The third kappa shape index (κ3) is 16.8. The van der Waals surface area contributed by atoms with Crippen LogP contribution in [0.25, 0.3) is 0 Å². The molecule has 8 heteroatoms. The standard InChI is InChI=1S/C20H32O3Si.3CO.Fe/c1-20(2,3)24(5,6)23-16-18(22-4)14-10-11-15-19(21)17-12-8-7-9-13-17;3*1-2;/h7-15,18-19,21H,16H2,1-6H3;;;;/b14-10+,15-11+;;;;/t18-,19+;;;;/m0..../s1. The molecule has 1 N–H and O–H groups in total. The van der Waals surface area contributed by atoms with Gasteiger partial charge in [-0.1, -0.05) is 75.4 Å². The minimum atomic E-state index is -1.77. The maximum atomic E-state index is 10.1. The number of methoxy groups -OCH3 is 1. The van der Waals surface area contributed by atoms with E-state index in [1.165, 1.54) is 0 Å². The van der Waals surface area contributed by atoms with Gasteiger partial charge in [0.25, 0.3) is 0 Å². The molecular weight excluding hydrogens is 456 g/mol. The van der Waals surface area contributed by atoms with Crippen LogP contribution in [0.4, 0.5) is 0 Å². The van der Waals surface area contributed by atoms with Crippen LogP contribution < -0.4 is 0 Å². The fraction of sp³-hybridized carbons (Fsp3) is 0.435. The molecule has 31 heavy (non-hydrogen) atoms. The minimum Gasteiger partial charge on any atom is 0 e. The third-order valence-corrected chi connectivity index (χ3v) is 9.09. The number of rotatable bonds is 8. The largest absolute Gasteiger partial charge is 0 e. The van der Waals surface area contributed by atoms with Crippen molar-refractivity contribution in [3.63, 3.8) is 0 Å². The summed E-state index contributed by atoms with van der Waals surface area (Å²) in [5.74, 6) is 0. The topological polar surface area (TPSA) is 98.4 Å². The van der Waals surface area contributed by atoms with Gasteiger partial charge in [-0.3, -0.25) is 0 Å². The number of aliphatic hydroxyl groups excluding tert-OH is 1. The molecule has 0 aromatic heterocycles. The Balaban J connectivity index is -0.000000477. The van der Waals surface area contributed by atoms with Crippen molar-refractivity contribution in [2.24, 2.45) is 0 Å². The van der Waals surface area contributed by atoms with Crippen LogP contribution in [0.3, 0.4) is 0 Å². The van der Waals surface area contributed by atoms with Crippen molar-refractivity contribution in [3.8, 4) is 0 Å². The van der Waals surface area contributed by atoms with E-state index in [2.05, 4.69) is 53.8 Å². The van der Waals surface area contributed by atoms with Gasteiger partial charge in [-0.15, -0.1) is 0 Å². The van der Waals surface area contributed by atoms with Gasteiger partial charge in [-0.2, -0.15) is 0 Å². The molecular formula is C23H32FeO6Si. The first kappa shape index (κ1) is 36.9. The van der Waals surface area contributed by atoms with Gasteiger partial charge in [0.1, 0.15) is 0 Å². The summed E-state index contributed by atoms with van der Waals surface area (Å²) in [5.41, 5.74) is 0.881. The Labute approximate surface area is 198 Å². The number of allylic oxidation sites excluding steroid dienone is 2. The Bertz CT molecular complexity index is 646. The van der Waals surface area contributed by atoms with Gasteiger partial charge in [0.2, 0.25) is 0 Å². The van der Waals surface area contributed by atoms with Crippen molar-refractivity contribution in [1.29, 1.82) is 0 Å². The molecule has 0 amide bonds. The Morgan fingerprint density at radius 3 is 1.84 bits per heavy atom. The number of ether oxygens (including phenoxy) is 1. The zero-order valence-corrected chi connectivity index (χ0v) is 21.0. The van der Waals surface area contributed by atoms with Gasteiger partial charge in [0.05, 0.1) is 18.8 Å². The molecule has 1 rings (SSSR count). The molecule has 0 bridgehead atoms. The normalized spacial score (nSPS) is 12.5. The summed E-state index contributed by atoms with van der Waals surface area (Å²) in [6.45, 7) is 25.2. The number of hydrogen-bond donors (Lipinski definition) is 1. The minimum absolute atomic E-state index is 0. The number of aliphatic hydroxyl groups is 1. The van der Waals surface area contributed by atoms with Crippen LogP contribution in [0, 0.1) is 20.0 Å². The summed E-state index contributed by atoms with van der Waals surface area (Å²) in [7, 11) is -0.0783. The molecule has 0 unspecified atom stereocenters. The molecule has 6 nitrogen and oxygen atoms in total. The molecule has 0 fully saturated rings. The van der Waals surface area contributed by atoms with Crippen LogP contribution in [-0.4, -0.2) is 33.2 Å². The first-order chi connectivity index (χ1) is 14.2. The second-order valence-electron chi connectivity index (χ2n) is 7.47. The maximum absolute atomic E-state index is 10.1. The zero-order chi connectivity index (χ0) is 24.2. The molecule has 2 atom stereocenters. The van der Waals surface area contributed by atoms with Crippen molar-refractivity contribution in [2.75, 3.05) is 13.7 Å². The van der Waals surface area contributed by atoms with E-state index in [4.69, 9.17) is 23.1 Å². The predicted octanol–water partition coefficient (Wildman–Crippen LogP) is 4.75. The van der Waals surface area contributed by atoms with E-state index in [0.717, 1.165) is 5.56 Å². The van der Waals surface area contributed by atoms with E-state index >= 15 is 0 Å². The van der Waals surface area contributed by atoms with E-state index in [-0.39, 0.29) is 28.2 Å². The van der Waals surface area contributed by atoms with E-state index in [0.29, 0.717) is 6.61 Å². The van der Waals surface area contributed by atoms with Crippen LogP contribution in [0.2, 0.25) is 18.1 Å². The van der Waals surface area contributed by atoms with E-state index in [1.807, 2.05) is 48.6 Å². The van der Waals surface area contributed by atoms with Gasteiger partial charge < -0.3 is 14.3 Å².